The summed E-state index contributed by atoms with van der Waals surface area (Å²) in [6.45, 7) is 1.14. The molecule has 0 heterocycles. The van der Waals surface area contributed by atoms with Crippen molar-refractivity contribution in [3.05, 3.63) is 24.3 Å². The molecule has 1 rings (SSSR count). The zero-order chi connectivity index (χ0) is 7.23. The summed E-state index contributed by atoms with van der Waals surface area (Å²) in [6, 6.07) is 0. The van der Waals surface area contributed by atoms with Crippen molar-refractivity contribution in [1.82, 2.24) is 5.32 Å². The second kappa shape index (κ2) is 4.29. The van der Waals surface area contributed by atoms with Gasteiger partial charge in [-0.05, 0) is 32.4 Å². The summed E-state index contributed by atoms with van der Waals surface area (Å²) in [5.41, 5.74) is 0. The molecule has 1 nitrogen and oxygen atoms in total. The molecule has 1 heteroatoms. The molecule has 10 heavy (non-hydrogen) atoms. The molecule has 1 N–H and O–H groups in total. The van der Waals surface area contributed by atoms with Gasteiger partial charge in [-0.1, -0.05) is 24.3 Å². The van der Waals surface area contributed by atoms with Crippen LogP contribution in [-0.2, 0) is 0 Å². The SMILES string of the molecule is CNCCCC1C=CC=C1. The Hall–Kier alpha value is -0.560. The number of rotatable bonds is 4. The van der Waals surface area contributed by atoms with Gasteiger partial charge in [0.25, 0.3) is 0 Å². The summed E-state index contributed by atoms with van der Waals surface area (Å²) in [6.07, 6.45) is 11.3. The Bertz CT molecular complexity index is 124. The fourth-order valence-corrected chi connectivity index (χ4v) is 1.18. The monoisotopic (exact) mass is 137 g/mol. The molecule has 1 aliphatic carbocycles. The minimum Gasteiger partial charge on any atom is -0.320 e. The van der Waals surface area contributed by atoms with E-state index >= 15 is 0 Å². The molecular formula is C9H15N. The van der Waals surface area contributed by atoms with Crippen molar-refractivity contribution in [2.45, 2.75) is 12.8 Å². The third kappa shape index (κ3) is 2.36. The normalized spacial score (nSPS) is 16.9. The lowest BCUT2D eigenvalue weighted by Crippen LogP contribution is -2.08. The Balaban J connectivity index is 2.03. The largest absolute Gasteiger partial charge is 0.320 e. The minimum absolute atomic E-state index is 0.716. The van der Waals surface area contributed by atoms with Gasteiger partial charge in [0.05, 0.1) is 0 Å². The molecule has 0 radical (unpaired) electrons. The van der Waals surface area contributed by atoms with Gasteiger partial charge in [-0.2, -0.15) is 0 Å². The third-order valence-corrected chi connectivity index (χ3v) is 1.79. The van der Waals surface area contributed by atoms with Gasteiger partial charge in [0.2, 0.25) is 0 Å². The number of nitrogens with one attached hydrogen (secondary N) is 1. The zero-order valence-electron chi connectivity index (χ0n) is 6.51. The quantitative estimate of drug-likeness (QED) is 0.582. The molecule has 0 saturated carbocycles. The highest BCUT2D eigenvalue weighted by molar-refractivity contribution is 5.17. The molecule has 0 unspecified atom stereocenters. The predicted molar refractivity (Wildman–Crippen MR) is 44.9 cm³/mol. The van der Waals surface area contributed by atoms with Crippen molar-refractivity contribution in [1.29, 1.82) is 0 Å². The lowest BCUT2D eigenvalue weighted by Gasteiger charge is -2.03. The van der Waals surface area contributed by atoms with Gasteiger partial charge < -0.3 is 5.32 Å². The Morgan fingerprint density at radius 1 is 1.30 bits per heavy atom. The van der Waals surface area contributed by atoms with Crippen LogP contribution in [0.15, 0.2) is 24.3 Å². The lowest BCUT2D eigenvalue weighted by molar-refractivity contribution is 0.625. The van der Waals surface area contributed by atoms with Crippen LogP contribution in [0.1, 0.15) is 12.8 Å². The van der Waals surface area contributed by atoms with E-state index in [4.69, 9.17) is 0 Å². The molecule has 1 aliphatic rings. The molecule has 0 fully saturated rings. The Labute approximate surface area is 62.8 Å². The first-order chi connectivity index (χ1) is 4.93. The number of hydrogen-bond donors (Lipinski definition) is 1. The molecule has 0 aliphatic heterocycles. The van der Waals surface area contributed by atoms with Gasteiger partial charge in [0.1, 0.15) is 0 Å². The van der Waals surface area contributed by atoms with Crippen molar-refractivity contribution in [3.63, 3.8) is 0 Å². The molecule has 0 saturated heterocycles. The summed E-state index contributed by atoms with van der Waals surface area (Å²) < 4.78 is 0. The number of hydrogen-bond acceptors (Lipinski definition) is 1. The highest BCUT2D eigenvalue weighted by Crippen LogP contribution is 2.14. The Morgan fingerprint density at radius 2 is 2.00 bits per heavy atom. The maximum Gasteiger partial charge on any atom is -0.00468 e. The van der Waals surface area contributed by atoms with E-state index in [-0.39, 0.29) is 0 Å². The first-order valence-corrected chi connectivity index (χ1v) is 3.93. The van der Waals surface area contributed by atoms with Crippen molar-refractivity contribution < 1.29 is 0 Å². The smallest absolute Gasteiger partial charge is 0.00468 e. The first kappa shape index (κ1) is 7.55. The van der Waals surface area contributed by atoms with Crippen LogP contribution in [0, 0.1) is 5.92 Å². The van der Waals surface area contributed by atoms with Crippen LogP contribution < -0.4 is 5.32 Å². The average Bonchev–Trinajstić information content (AvgIpc) is 2.41. The van der Waals surface area contributed by atoms with Crippen LogP contribution in [0.25, 0.3) is 0 Å². The summed E-state index contributed by atoms with van der Waals surface area (Å²) in [4.78, 5) is 0. The Morgan fingerprint density at radius 3 is 2.60 bits per heavy atom. The molecular weight excluding hydrogens is 122 g/mol. The van der Waals surface area contributed by atoms with Crippen molar-refractivity contribution in [2.75, 3.05) is 13.6 Å². The molecule has 0 spiro atoms. The summed E-state index contributed by atoms with van der Waals surface area (Å²) in [5, 5.41) is 3.14. The van der Waals surface area contributed by atoms with Crippen molar-refractivity contribution >= 4 is 0 Å². The first-order valence-electron chi connectivity index (χ1n) is 3.93. The topological polar surface area (TPSA) is 12.0 Å². The van der Waals surface area contributed by atoms with E-state index in [0.717, 1.165) is 6.54 Å². The van der Waals surface area contributed by atoms with Crippen molar-refractivity contribution in [2.24, 2.45) is 5.92 Å². The lowest BCUT2D eigenvalue weighted by atomic mass is 10.1. The highest BCUT2D eigenvalue weighted by atomic mass is 14.8. The van der Waals surface area contributed by atoms with Gasteiger partial charge >= 0.3 is 0 Å². The van der Waals surface area contributed by atoms with E-state index in [1.54, 1.807) is 0 Å². The maximum absolute atomic E-state index is 3.14. The van der Waals surface area contributed by atoms with E-state index < -0.39 is 0 Å². The third-order valence-electron chi connectivity index (χ3n) is 1.79. The summed E-state index contributed by atoms with van der Waals surface area (Å²) in [7, 11) is 2.00. The summed E-state index contributed by atoms with van der Waals surface area (Å²) >= 11 is 0. The van der Waals surface area contributed by atoms with E-state index in [1.165, 1.54) is 12.8 Å². The maximum atomic E-state index is 3.14. The van der Waals surface area contributed by atoms with E-state index in [9.17, 15) is 0 Å². The summed E-state index contributed by atoms with van der Waals surface area (Å²) in [5.74, 6) is 0.716. The molecule has 0 aromatic carbocycles. The van der Waals surface area contributed by atoms with Crippen LogP contribution in [0.4, 0.5) is 0 Å². The van der Waals surface area contributed by atoms with Crippen LogP contribution in [0.2, 0.25) is 0 Å². The molecule has 0 bridgehead atoms. The fraction of sp³-hybridized carbons (Fsp3) is 0.556. The Kier molecular flexibility index (Phi) is 3.23. The zero-order valence-corrected chi connectivity index (χ0v) is 6.51. The van der Waals surface area contributed by atoms with Gasteiger partial charge in [-0.25, -0.2) is 0 Å². The van der Waals surface area contributed by atoms with Crippen molar-refractivity contribution in [3.8, 4) is 0 Å². The van der Waals surface area contributed by atoms with Crippen LogP contribution >= 0.6 is 0 Å². The fourth-order valence-electron chi connectivity index (χ4n) is 1.18. The van der Waals surface area contributed by atoms with Gasteiger partial charge in [0, 0.05) is 0 Å². The van der Waals surface area contributed by atoms with Gasteiger partial charge in [-0.3, -0.25) is 0 Å². The standard InChI is InChI=1S/C9H15N/c1-10-8-4-7-9-5-2-3-6-9/h2-3,5-6,9-10H,4,7-8H2,1H3. The predicted octanol–water partition coefficient (Wildman–Crippen LogP) is 1.73. The second-order valence-electron chi connectivity index (χ2n) is 2.68. The molecule has 56 valence electrons. The van der Waals surface area contributed by atoms with E-state index in [0.29, 0.717) is 5.92 Å². The molecule has 0 amide bonds. The van der Waals surface area contributed by atoms with Crippen LogP contribution in [-0.4, -0.2) is 13.6 Å². The van der Waals surface area contributed by atoms with Gasteiger partial charge in [0.15, 0.2) is 0 Å². The molecule has 0 aromatic heterocycles. The van der Waals surface area contributed by atoms with E-state index in [1.807, 2.05) is 7.05 Å². The van der Waals surface area contributed by atoms with E-state index in [2.05, 4.69) is 29.6 Å². The minimum atomic E-state index is 0.716. The second-order valence-corrected chi connectivity index (χ2v) is 2.68. The van der Waals surface area contributed by atoms with Crippen LogP contribution in [0.3, 0.4) is 0 Å². The average molecular weight is 137 g/mol. The molecule has 0 atom stereocenters. The molecule has 0 aromatic rings. The van der Waals surface area contributed by atoms with Crippen LogP contribution in [0.5, 0.6) is 0 Å². The highest BCUT2D eigenvalue weighted by Gasteiger charge is 2.01. The number of allylic oxidation sites excluding steroid dienone is 4. The van der Waals surface area contributed by atoms with Gasteiger partial charge in [-0.15, -0.1) is 0 Å².